The minimum Gasteiger partial charge on any atom is -0.0623 e. The topological polar surface area (TPSA) is 0 Å². The molecule has 36 heavy (non-hydrogen) atoms. The molecule has 0 N–H and O–H groups in total. The lowest BCUT2D eigenvalue weighted by molar-refractivity contribution is 0.596. The van der Waals surface area contributed by atoms with Crippen molar-refractivity contribution in [3.63, 3.8) is 0 Å². The monoisotopic (exact) mass is 466 g/mol. The molecule has 2 atom stereocenters. The molecule has 2 unspecified atom stereocenters. The third kappa shape index (κ3) is 3.95. The smallest absolute Gasteiger partial charge is 0.00578 e. The molecule has 0 aliphatic heterocycles. The van der Waals surface area contributed by atoms with Gasteiger partial charge in [-0.1, -0.05) is 134 Å². The van der Waals surface area contributed by atoms with Gasteiger partial charge in [0.2, 0.25) is 0 Å². The number of benzene rings is 4. The SMILES string of the molecule is CCC1=Cc2c(-c3ccccc3)cccc2C1CCC1C(CC)=Cc2c(-c3ccccc3)cccc21. The van der Waals surface area contributed by atoms with Crippen LogP contribution in [-0.2, 0) is 0 Å². The van der Waals surface area contributed by atoms with Gasteiger partial charge < -0.3 is 0 Å². The van der Waals surface area contributed by atoms with Crippen LogP contribution in [0.25, 0.3) is 34.4 Å². The molecule has 0 spiro atoms. The van der Waals surface area contributed by atoms with E-state index in [1.54, 1.807) is 11.1 Å². The lowest BCUT2D eigenvalue weighted by Gasteiger charge is -2.22. The Bertz CT molecular complexity index is 1320. The van der Waals surface area contributed by atoms with Crippen LogP contribution in [0, 0.1) is 0 Å². The maximum Gasteiger partial charge on any atom is 0.00578 e. The summed E-state index contributed by atoms with van der Waals surface area (Å²) in [6, 6.07) is 35.6. The summed E-state index contributed by atoms with van der Waals surface area (Å²) in [6.07, 6.45) is 9.61. The zero-order chi connectivity index (χ0) is 24.5. The number of hydrogen-bond acceptors (Lipinski definition) is 0. The molecule has 0 radical (unpaired) electrons. The first-order valence-corrected chi connectivity index (χ1v) is 13.6. The summed E-state index contributed by atoms with van der Waals surface area (Å²) in [5, 5.41) is 0. The Labute approximate surface area is 216 Å². The molecular formula is C36H34. The van der Waals surface area contributed by atoms with Crippen LogP contribution in [0.1, 0.15) is 73.6 Å². The Morgan fingerprint density at radius 1 is 0.472 bits per heavy atom. The van der Waals surface area contributed by atoms with Crippen LogP contribution in [0.4, 0.5) is 0 Å². The van der Waals surface area contributed by atoms with Gasteiger partial charge in [-0.05, 0) is 70.2 Å². The summed E-state index contributed by atoms with van der Waals surface area (Å²) in [4.78, 5) is 0. The highest BCUT2D eigenvalue weighted by Gasteiger charge is 2.30. The molecule has 0 heteroatoms. The van der Waals surface area contributed by atoms with Crippen LogP contribution in [0.5, 0.6) is 0 Å². The predicted octanol–water partition coefficient (Wildman–Crippen LogP) is 10.3. The summed E-state index contributed by atoms with van der Waals surface area (Å²) in [5.41, 5.74) is 14.5. The largest absolute Gasteiger partial charge is 0.0623 e. The second kappa shape index (κ2) is 9.78. The van der Waals surface area contributed by atoms with E-state index in [2.05, 4.69) is 123 Å². The number of rotatable bonds is 7. The van der Waals surface area contributed by atoms with Crippen LogP contribution in [0.2, 0.25) is 0 Å². The van der Waals surface area contributed by atoms with Crippen LogP contribution in [0.15, 0.2) is 108 Å². The maximum absolute atomic E-state index is 2.50. The van der Waals surface area contributed by atoms with Crippen molar-refractivity contribution >= 4 is 12.2 Å². The van der Waals surface area contributed by atoms with Crippen molar-refractivity contribution < 1.29 is 0 Å². The van der Waals surface area contributed by atoms with E-state index < -0.39 is 0 Å². The molecule has 4 aromatic rings. The summed E-state index contributed by atoms with van der Waals surface area (Å²) < 4.78 is 0. The standard InChI is InChI=1S/C36H34/c1-3-25-23-35-29(27-13-7-5-8-14-27)17-11-19-33(35)31(25)21-22-32-26(4-2)24-36-30(18-12-20-34(32)36)28-15-9-6-10-16-28/h5-20,23-24,31-32H,3-4,21-22H2,1-2H3. The van der Waals surface area contributed by atoms with E-state index in [9.17, 15) is 0 Å². The Hall–Kier alpha value is -3.64. The van der Waals surface area contributed by atoms with Gasteiger partial charge >= 0.3 is 0 Å². The molecule has 0 fully saturated rings. The highest BCUT2D eigenvalue weighted by Crippen LogP contribution is 2.49. The molecule has 0 saturated carbocycles. The number of hydrogen-bond donors (Lipinski definition) is 0. The lowest BCUT2D eigenvalue weighted by Crippen LogP contribution is -2.05. The molecule has 0 saturated heterocycles. The van der Waals surface area contributed by atoms with Gasteiger partial charge in [0, 0.05) is 11.8 Å². The van der Waals surface area contributed by atoms with Crippen molar-refractivity contribution in [1.82, 2.24) is 0 Å². The van der Waals surface area contributed by atoms with Crippen molar-refractivity contribution in [2.24, 2.45) is 0 Å². The van der Waals surface area contributed by atoms with Gasteiger partial charge in [-0.15, -0.1) is 0 Å². The van der Waals surface area contributed by atoms with Gasteiger partial charge in [-0.25, -0.2) is 0 Å². The first kappa shape index (κ1) is 22.8. The van der Waals surface area contributed by atoms with Gasteiger partial charge in [0.05, 0.1) is 0 Å². The van der Waals surface area contributed by atoms with Gasteiger partial charge in [0.1, 0.15) is 0 Å². The van der Waals surface area contributed by atoms with Crippen molar-refractivity contribution in [2.75, 3.05) is 0 Å². The van der Waals surface area contributed by atoms with Crippen LogP contribution in [0.3, 0.4) is 0 Å². The Morgan fingerprint density at radius 3 is 1.28 bits per heavy atom. The molecule has 178 valence electrons. The third-order valence-corrected chi connectivity index (χ3v) is 8.32. The minimum atomic E-state index is 0.521. The number of fused-ring (bicyclic) bond motifs is 2. The van der Waals surface area contributed by atoms with Crippen LogP contribution >= 0.6 is 0 Å². The van der Waals surface area contributed by atoms with E-state index in [-0.39, 0.29) is 0 Å². The van der Waals surface area contributed by atoms with E-state index in [1.807, 2.05) is 0 Å². The van der Waals surface area contributed by atoms with Crippen molar-refractivity contribution in [1.29, 1.82) is 0 Å². The fourth-order valence-electron chi connectivity index (χ4n) is 6.52. The molecule has 2 aliphatic carbocycles. The highest BCUT2D eigenvalue weighted by molar-refractivity contribution is 5.83. The first-order chi connectivity index (χ1) is 17.8. The van der Waals surface area contributed by atoms with Crippen molar-refractivity contribution in [3.8, 4) is 22.3 Å². The predicted molar refractivity (Wildman–Crippen MR) is 155 cm³/mol. The number of allylic oxidation sites excluding steroid dienone is 2. The fraction of sp³-hybridized carbons (Fsp3) is 0.222. The normalized spacial score (nSPS) is 17.9. The maximum atomic E-state index is 2.50. The molecule has 0 amide bonds. The van der Waals surface area contributed by atoms with Crippen LogP contribution < -0.4 is 0 Å². The average molecular weight is 467 g/mol. The molecule has 0 aromatic heterocycles. The zero-order valence-corrected chi connectivity index (χ0v) is 21.4. The summed E-state index contributed by atoms with van der Waals surface area (Å²) in [5.74, 6) is 1.04. The molecular weight excluding hydrogens is 432 g/mol. The highest BCUT2D eigenvalue weighted by atomic mass is 14.3. The summed E-state index contributed by atoms with van der Waals surface area (Å²) >= 11 is 0. The molecule has 4 aromatic carbocycles. The Kier molecular flexibility index (Phi) is 6.20. The first-order valence-electron chi connectivity index (χ1n) is 13.6. The van der Waals surface area contributed by atoms with E-state index in [1.165, 1.54) is 57.3 Å². The molecule has 2 aliphatic rings. The van der Waals surface area contributed by atoms with Gasteiger partial charge in [-0.3, -0.25) is 0 Å². The lowest BCUT2D eigenvalue weighted by atomic mass is 9.82. The summed E-state index contributed by atoms with van der Waals surface area (Å²) in [6.45, 7) is 4.64. The quantitative estimate of drug-likeness (QED) is 0.254. The Morgan fingerprint density at radius 2 is 0.889 bits per heavy atom. The fourth-order valence-corrected chi connectivity index (χ4v) is 6.52. The van der Waals surface area contributed by atoms with E-state index in [0.717, 1.165) is 12.8 Å². The molecule has 0 heterocycles. The van der Waals surface area contributed by atoms with Crippen LogP contribution in [-0.4, -0.2) is 0 Å². The minimum absolute atomic E-state index is 0.521. The van der Waals surface area contributed by atoms with Gasteiger partial charge in [0.25, 0.3) is 0 Å². The molecule has 6 rings (SSSR count). The van der Waals surface area contributed by atoms with Crippen molar-refractivity contribution in [2.45, 2.75) is 51.4 Å². The van der Waals surface area contributed by atoms with E-state index in [0.29, 0.717) is 11.8 Å². The van der Waals surface area contributed by atoms with E-state index >= 15 is 0 Å². The molecule has 0 nitrogen and oxygen atoms in total. The van der Waals surface area contributed by atoms with Crippen molar-refractivity contribution in [3.05, 3.63) is 130 Å². The second-order valence-electron chi connectivity index (χ2n) is 10.2. The van der Waals surface area contributed by atoms with Gasteiger partial charge in [0.15, 0.2) is 0 Å². The molecule has 0 bridgehead atoms. The zero-order valence-electron chi connectivity index (χ0n) is 21.4. The van der Waals surface area contributed by atoms with Gasteiger partial charge in [-0.2, -0.15) is 0 Å². The Balaban J connectivity index is 1.31. The second-order valence-corrected chi connectivity index (χ2v) is 10.2. The third-order valence-electron chi connectivity index (χ3n) is 8.32. The van der Waals surface area contributed by atoms with E-state index in [4.69, 9.17) is 0 Å². The summed E-state index contributed by atoms with van der Waals surface area (Å²) in [7, 11) is 0. The average Bonchev–Trinajstić information content (AvgIpc) is 3.50.